The lowest BCUT2D eigenvalue weighted by atomic mass is 9.84. The molecule has 1 saturated carbocycles. The van der Waals surface area contributed by atoms with Gasteiger partial charge in [-0.25, -0.2) is 0 Å². The highest BCUT2D eigenvalue weighted by Crippen LogP contribution is 2.28. The lowest BCUT2D eigenvalue weighted by molar-refractivity contribution is -0.128. The molecule has 2 aliphatic heterocycles. The highest BCUT2D eigenvalue weighted by atomic mass is 16.2. The van der Waals surface area contributed by atoms with E-state index >= 15 is 0 Å². The SMILES string of the molecule is CN1CN(C2CCN(CC[C@H](NC(=O)C3CCC3)c3ccccc3)CC2)C(Cc2ccccc2)=N1. The Hall–Kier alpha value is -2.86. The van der Waals surface area contributed by atoms with E-state index in [1.807, 2.05) is 6.07 Å². The van der Waals surface area contributed by atoms with Crippen molar-refractivity contribution in [2.45, 2.75) is 57.0 Å². The van der Waals surface area contributed by atoms with E-state index in [0.717, 1.165) is 64.8 Å². The van der Waals surface area contributed by atoms with Gasteiger partial charge in [0.1, 0.15) is 12.5 Å². The summed E-state index contributed by atoms with van der Waals surface area (Å²) in [6.45, 7) is 4.10. The number of rotatable bonds is 9. The number of amides is 1. The first-order valence-corrected chi connectivity index (χ1v) is 13.3. The first kappa shape index (κ1) is 23.9. The van der Waals surface area contributed by atoms with Crippen molar-refractivity contribution in [1.29, 1.82) is 0 Å². The average Bonchev–Trinajstić information content (AvgIpc) is 3.22. The zero-order valence-electron chi connectivity index (χ0n) is 21.0. The number of carbonyl (C=O) groups excluding carboxylic acids is 1. The third-order valence-electron chi connectivity index (χ3n) is 7.91. The summed E-state index contributed by atoms with van der Waals surface area (Å²) >= 11 is 0. The second-order valence-electron chi connectivity index (χ2n) is 10.4. The largest absolute Gasteiger partial charge is 0.349 e. The van der Waals surface area contributed by atoms with E-state index in [1.165, 1.54) is 23.4 Å². The topological polar surface area (TPSA) is 51.2 Å². The van der Waals surface area contributed by atoms with Crippen LogP contribution in [-0.4, -0.2) is 65.9 Å². The van der Waals surface area contributed by atoms with Gasteiger partial charge in [0.2, 0.25) is 5.91 Å². The molecule has 1 N–H and O–H groups in total. The summed E-state index contributed by atoms with van der Waals surface area (Å²) in [5.41, 5.74) is 2.54. The molecule has 1 atom stereocenters. The van der Waals surface area contributed by atoms with Gasteiger partial charge in [-0.2, -0.15) is 5.10 Å². The number of nitrogens with one attached hydrogen (secondary N) is 1. The quantitative estimate of drug-likeness (QED) is 0.591. The van der Waals surface area contributed by atoms with E-state index in [0.29, 0.717) is 6.04 Å². The number of hydrogen-bond acceptors (Lipinski definition) is 5. The molecule has 6 heteroatoms. The third kappa shape index (κ3) is 6.04. The molecule has 2 aromatic carbocycles. The normalized spacial score (nSPS) is 20.4. The zero-order valence-corrected chi connectivity index (χ0v) is 21.0. The van der Waals surface area contributed by atoms with Crippen LogP contribution in [0.4, 0.5) is 0 Å². The Morgan fingerprint density at radius 2 is 1.69 bits per heavy atom. The van der Waals surface area contributed by atoms with Crippen molar-refractivity contribution >= 4 is 11.7 Å². The van der Waals surface area contributed by atoms with Gasteiger partial charge in [0.25, 0.3) is 0 Å². The fraction of sp³-hybridized carbons (Fsp3) is 0.517. The van der Waals surface area contributed by atoms with Crippen molar-refractivity contribution in [2.75, 3.05) is 33.4 Å². The van der Waals surface area contributed by atoms with Gasteiger partial charge in [-0.15, -0.1) is 0 Å². The molecule has 0 unspecified atom stereocenters. The molecule has 1 amide bonds. The van der Waals surface area contributed by atoms with Gasteiger partial charge in [0, 0.05) is 45.1 Å². The predicted molar refractivity (Wildman–Crippen MR) is 141 cm³/mol. The molecule has 2 fully saturated rings. The predicted octanol–water partition coefficient (Wildman–Crippen LogP) is 4.26. The molecule has 2 heterocycles. The Balaban J connectivity index is 1.14. The lowest BCUT2D eigenvalue weighted by Crippen LogP contribution is -2.48. The second-order valence-corrected chi connectivity index (χ2v) is 10.4. The molecule has 0 aromatic heterocycles. The number of hydrogen-bond donors (Lipinski definition) is 1. The summed E-state index contributed by atoms with van der Waals surface area (Å²) < 4.78 is 0. The van der Waals surface area contributed by atoms with Crippen LogP contribution in [0, 0.1) is 5.92 Å². The summed E-state index contributed by atoms with van der Waals surface area (Å²) in [6, 6.07) is 21.8. The molecule has 1 aliphatic carbocycles. The van der Waals surface area contributed by atoms with Crippen molar-refractivity contribution in [3.63, 3.8) is 0 Å². The van der Waals surface area contributed by atoms with Crippen molar-refractivity contribution < 1.29 is 4.79 Å². The molecule has 35 heavy (non-hydrogen) atoms. The first-order chi connectivity index (χ1) is 17.2. The Morgan fingerprint density at radius 3 is 2.34 bits per heavy atom. The number of amidine groups is 1. The van der Waals surface area contributed by atoms with Crippen LogP contribution in [-0.2, 0) is 11.2 Å². The molecule has 0 bridgehead atoms. The van der Waals surface area contributed by atoms with Crippen LogP contribution in [0.2, 0.25) is 0 Å². The zero-order chi connectivity index (χ0) is 24.0. The summed E-state index contributed by atoms with van der Waals surface area (Å²) in [6.07, 6.45) is 7.45. The molecular formula is C29H39N5O. The minimum atomic E-state index is 0.0962. The maximum Gasteiger partial charge on any atom is 0.223 e. The van der Waals surface area contributed by atoms with E-state index in [4.69, 9.17) is 5.10 Å². The molecule has 0 spiro atoms. The highest BCUT2D eigenvalue weighted by Gasteiger charge is 2.31. The van der Waals surface area contributed by atoms with E-state index in [-0.39, 0.29) is 17.9 Å². The Kier molecular flexibility index (Phi) is 7.67. The molecular weight excluding hydrogens is 434 g/mol. The Bertz CT molecular complexity index is 983. The fourth-order valence-electron chi connectivity index (χ4n) is 5.56. The van der Waals surface area contributed by atoms with Gasteiger partial charge >= 0.3 is 0 Å². The Morgan fingerprint density at radius 1 is 1.00 bits per heavy atom. The molecule has 6 nitrogen and oxygen atoms in total. The smallest absolute Gasteiger partial charge is 0.223 e. The van der Waals surface area contributed by atoms with Gasteiger partial charge in [0.15, 0.2) is 0 Å². The van der Waals surface area contributed by atoms with E-state index in [9.17, 15) is 4.79 Å². The summed E-state index contributed by atoms with van der Waals surface area (Å²) in [4.78, 5) is 17.8. The van der Waals surface area contributed by atoms with Crippen LogP contribution in [0.25, 0.3) is 0 Å². The van der Waals surface area contributed by atoms with E-state index in [1.54, 1.807) is 0 Å². The van der Waals surface area contributed by atoms with Crippen molar-refractivity contribution in [1.82, 2.24) is 20.1 Å². The van der Waals surface area contributed by atoms with Crippen molar-refractivity contribution in [3.8, 4) is 0 Å². The van der Waals surface area contributed by atoms with Crippen molar-refractivity contribution in [3.05, 3.63) is 71.8 Å². The van der Waals surface area contributed by atoms with Crippen LogP contribution in [0.3, 0.4) is 0 Å². The first-order valence-electron chi connectivity index (χ1n) is 13.3. The van der Waals surface area contributed by atoms with Gasteiger partial charge in [0.05, 0.1) is 6.04 Å². The van der Waals surface area contributed by atoms with Crippen LogP contribution in [0.5, 0.6) is 0 Å². The summed E-state index contributed by atoms with van der Waals surface area (Å²) in [5, 5.41) is 10.3. The minimum Gasteiger partial charge on any atom is -0.349 e. The van der Waals surface area contributed by atoms with Crippen LogP contribution in [0.15, 0.2) is 65.8 Å². The molecule has 2 aromatic rings. The van der Waals surface area contributed by atoms with Crippen LogP contribution in [0.1, 0.15) is 55.7 Å². The van der Waals surface area contributed by atoms with E-state index < -0.39 is 0 Å². The van der Waals surface area contributed by atoms with Crippen molar-refractivity contribution in [2.24, 2.45) is 11.0 Å². The number of benzene rings is 2. The molecule has 5 rings (SSSR count). The van der Waals surface area contributed by atoms with Gasteiger partial charge in [-0.3, -0.25) is 9.80 Å². The monoisotopic (exact) mass is 473 g/mol. The minimum absolute atomic E-state index is 0.0962. The summed E-state index contributed by atoms with van der Waals surface area (Å²) in [5.74, 6) is 1.66. The molecule has 0 radical (unpaired) electrons. The average molecular weight is 474 g/mol. The molecule has 3 aliphatic rings. The van der Waals surface area contributed by atoms with Gasteiger partial charge in [-0.1, -0.05) is 67.1 Å². The van der Waals surface area contributed by atoms with Crippen LogP contribution >= 0.6 is 0 Å². The summed E-state index contributed by atoms with van der Waals surface area (Å²) in [7, 11) is 2.07. The van der Waals surface area contributed by atoms with Gasteiger partial charge < -0.3 is 15.1 Å². The Labute approximate surface area is 210 Å². The fourth-order valence-corrected chi connectivity index (χ4v) is 5.56. The van der Waals surface area contributed by atoms with E-state index in [2.05, 4.69) is 81.8 Å². The van der Waals surface area contributed by atoms with Gasteiger partial charge in [-0.05, 0) is 43.2 Å². The number of piperidine rings is 1. The lowest BCUT2D eigenvalue weighted by Gasteiger charge is -2.38. The number of hydrazone groups is 1. The maximum absolute atomic E-state index is 12.7. The third-order valence-corrected chi connectivity index (χ3v) is 7.91. The number of likely N-dealkylation sites (tertiary alicyclic amines) is 1. The maximum atomic E-state index is 12.7. The second kappa shape index (κ2) is 11.3. The number of carbonyl (C=O) groups is 1. The highest BCUT2D eigenvalue weighted by molar-refractivity contribution is 5.85. The standard InChI is InChI=1S/C29H39N5O/c1-32-22-34(28(31-32)21-23-9-4-2-5-10-23)26-15-18-33(19-16-26)20-17-27(24-11-6-3-7-12-24)30-29(35)25-13-8-14-25/h2-7,9-12,25-27H,8,13-22H2,1H3,(H,30,35)/t27-/m0/s1. The number of nitrogens with zero attached hydrogens (tertiary/aromatic N) is 4. The molecule has 1 saturated heterocycles. The van der Waals surface area contributed by atoms with Crippen LogP contribution < -0.4 is 5.32 Å². The molecule has 186 valence electrons.